The summed E-state index contributed by atoms with van der Waals surface area (Å²) < 4.78 is 80.1. The van der Waals surface area contributed by atoms with Gasteiger partial charge in [0, 0.05) is 28.8 Å². The number of hydrogen-bond acceptors (Lipinski definition) is 3. The van der Waals surface area contributed by atoms with Gasteiger partial charge in [-0.3, -0.25) is 9.11 Å². The molecule has 0 bridgehead atoms. The third-order valence-corrected chi connectivity index (χ3v) is 8.41. The molecule has 0 radical (unpaired) electrons. The lowest BCUT2D eigenvalue weighted by Crippen LogP contribution is -2.53. The van der Waals surface area contributed by atoms with Crippen LogP contribution in [0.5, 0.6) is 0 Å². The molecule has 3 aliphatic rings. The van der Waals surface area contributed by atoms with Crippen LogP contribution < -0.4 is 4.72 Å². The summed E-state index contributed by atoms with van der Waals surface area (Å²) in [5.41, 5.74) is 1.64. The van der Waals surface area contributed by atoms with Crippen molar-refractivity contribution in [3.05, 3.63) is 70.0 Å². The maximum atomic E-state index is 15.1. The summed E-state index contributed by atoms with van der Waals surface area (Å²) in [6.07, 6.45) is 0.257. The summed E-state index contributed by atoms with van der Waals surface area (Å²) in [7, 11) is 0. The Balaban J connectivity index is 1.47. The Morgan fingerprint density at radius 3 is 2.50 bits per heavy atom. The molecule has 0 amide bonds. The molecule has 3 unspecified atom stereocenters. The van der Waals surface area contributed by atoms with E-state index in [0.29, 0.717) is 36.8 Å². The fourth-order valence-corrected chi connectivity index (χ4v) is 6.43. The Hall–Kier alpha value is -1.81. The van der Waals surface area contributed by atoms with Crippen LogP contribution in [0.3, 0.4) is 0 Å². The molecule has 2 aromatic rings. The zero-order valence-electron chi connectivity index (χ0n) is 18.7. The van der Waals surface area contributed by atoms with Crippen LogP contribution in [0.2, 0.25) is 0 Å². The van der Waals surface area contributed by atoms with Crippen LogP contribution >= 0.6 is 0 Å². The van der Waals surface area contributed by atoms with Gasteiger partial charge in [0.25, 0.3) is 0 Å². The lowest BCUT2D eigenvalue weighted by atomic mass is 9.73. The van der Waals surface area contributed by atoms with Gasteiger partial charge in [0.2, 0.25) is 0 Å². The molecule has 2 aromatic carbocycles. The van der Waals surface area contributed by atoms with E-state index in [-0.39, 0.29) is 24.2 Å². The number of alkyl halides is 3. The Morgan fingerprint density at radius 1 is 1.15 bits per heavy atom. The zero-order chi connectivity index (χ0) is 24.1. The largest absolute Gasteiger partial charge is 0.760 e. The molecule has 2 fully saturated rings. The van der Waals surface area contributed by atoms with Gasteiger partial charge in [0.15, 0.2) is 0 Å². The smallest absolute Gasteiger partial charge is 0.416 e. The summed E-state index contributed by atoms with van der Waals surface area (Å²) in [4.78, 5) is 2.34. The Kier molecular flexibility index (Phi) is 6.33. The first kappa shape index (κ1) is 23.9. The van der Waals surface area contributed by atoms with E-state index in [0.717, 1.165) is 43.1 Å². The van der Waals surface area contributed by atoms with Crippen molar-refractivity contribution in [3.8, 4) is 0 Å². The van der Waals surface area contributed by atoms with Crippen molar-refractivity contribution >= 4 is 11.3 Å². The summed E-state index contributed by atoms with van der Waals surface area (Å²) in [5.74, 6) is -0.386. The molecule has 1 heterocycles. The second kappa shape index (κ2) is 9.00. The van der Waals surface area contributed by atoms with Gasteiger partial charge < -0.3 is 4.55 Å². The highest BCUT2D eigenvalue weighted by Crippen LogP contribution is 2.43. The van der Waals surface area contributed by atoms with Crippen LogP contribution in [0.25, 0.3) is 0 Å². The average Bonchev–Trinajstić information content (AvgIpc) is 3.01. The van der Waals surface area contributed by atoms with E-state index >= 15 is 4.39 Å². The highest BCUT2D eigenvalue weighted by atomic mass is 32.2. The lowest BCUT2D eigenvalue weighted by molar-refractivity contribution is -0.137. The molecule has 0 aromatic heterocycles. The maximum absolute atomic E-state index is 15.1. The molecular weight excluding hydrogens is 468 g/mol. The van der Waals surface area contributed by atoms with E-state index in [1.165, 1.54) is 12.1 Å². The molecule has 1 N–H and O–H groups in total. The third kappa shape index (κ3) is 4.67. The maximum Gasteiger partial charge on any atom is 0.416 e. The number of fused-ring (bicyclic) bond motifs is 1. The predicted molar refractivity (Wildman–Crippen MR) is 120 cm³/mol. The normalized spacial score (nSPS) is 24.9. The molecule has 34 heavy (non-hydrogen) atoms. The van der Waals surface area contributed by atoms with E-state index in [1.54, 1.807) is 12.1 Å². The van der Waals surface area contributed by atoms with Crippen LogP contribution in [0.15, 0.2) is 36.4 Å². The minimum atomic E-state index is -4.40. The molecule has 3 atom stereocenters. The Morgan fingerprint density at radius 2 is 1.91 bits per heavy atom. The van der Waals surface area contributed by atoms with Gasteiger partial charge in [-0.15, -0.1) is 0 Å². The molecule has 1 saturated carbocycles. The first-order valence-electron chi connectivity index (χ1n) is 11.7. The molecule has 4 nitrogen and oxygen atoms in total. The van der Waals surface area contributed by atoms with Crippen LogP contribution in [0.4, 0.5) is 17.6 Å². The minimum absolute atomic E-state index is 0.0444. The summed E-state index contributed by atoms with van der Waals surface area (Å²) in [6.45, 7) is 1.88. The number of benzene rings is 2. The highest BCUT2D eigenvalue weighted by Gasteiger charge is 2.41. The zero-order valence-corrected chi connectivity index (χ0v) is 19.5. The predicted octanol–water partition coefficient (Wildman–Crippen LogP) is 4.65. The van der Waals surface area contributed by atoms with Gasteiger partial charge in [0.05, 0.1) is 5.56 Å². The van der Waals surface area contributed by atoms with Crippen LogP contribution in [0.1, 0.15) is 59.4 Å². The molecule has 1 saturated heterocycles. The standard InChI is InChI=1S/C25H28F4N2O2S/c26-22-13-17-14-23(31-8-3-9-31)21(11-16-4-1-5-19(10-16)25(27,28)29)20(17)12-18(22)15-24(6-2-7-24)30-34(32)33/h1,4-5,10,12-13,21,23,30H,2-3,6-9,11,14-15H2,(H,32,33)/p-1. The van der Waals surface area contributed by atoms with Gasteiger partial charge in [-0.05, 0) is 92.4 Å². The second-order valence-electron chi connectivity index (χ2n) is 9.96. The Labute approximate surface area is 199 Å². The SMILES string of the molecule is O=S([O-])NC1(Cc2cc3c(cc2F)CC(N2CCC2)C3Cc2cccc(C(F)(F)F)c2)CCC1. The van der Waals surface area contributed by atoms with E-state index < -0.39 is 28.5 Å². The fourth-order valence-electron chi connectivity index (χ4n) is 5.80. The highest BCUT2D eigenvalue weighted by molar-refractivity contribution is 7.77. The lowest BCUT2D eigenvalue weighted by Gasteiger charge is -2.43. The number of nitrogens with zero attached hydrogens (tertiary/aromatic N) is 1. The minimum Gasteiger partial charge on any atom is -0.760 e. The average molecular weight is 496 g/mol. The first-order valence-corrected chi connectivity index (χ1v) is 12.8. The van der Waals surface area contributed by atoms with Crippen molar-refractivity contribution in [2.45, 2.75) is 68.6 Å². The van der Waals surface area contributed by atoms with Gasteiger partial charge in [-0.25, -0.2) is 9.11 Å². The van der Waals surface area contributed by atoms with Crippen LogP contribution in [-0.2, 0) is 36.7 Å². The van der Waals surface area contributed by atoms with Crippen LogP contribution in [-0.4, -0.2) is 38.3 Å². The molecular formula is C25H27F4N2O2S-. The van der Waals surface area contributed by atoms with Gasteiger partial charge in [-0.2, -0.15) is 13.2 Å². The monoisotopic (exact) mass is 495 g/mol. The van der Waals surface area contributed by atoms with Crippen molar-refractivity contribution in [1.82, 2.24) is 9.62 Å². The van der Waals surface area contributed by atoms with E-state index in [2.05, 4.69) is 9.62 Å². The number of likely N-dealkylation sites (tertiary alicyclic amines) is 1. The van der Waals surface area contributed by atoms with Crippen molar-refractivity contribution in [2.75, 3.05) is 13.1 Å². The summed E-state index contributed by atoms with van der Waals surface area (Å²) >= 11 is -2.43. The molecule has 9 heteroatoms. The molecule has 5 rings (SSSR count). The molecule has 0 spiro atoms. The van der Waals surface area contributed by atoms with E-state index in [4.69, 9.17) is 0 Å². The molecule has 1 aliphatic heterocycles. The van der Waals surface area contributed by atoms with E-state index in [9.17, 15) is 21.9 Å². The van der Waals surface area contributed by atoms with Crippen molar-refractivity contribution in [3.63, 3.8) is 0 Å². The number of nitrogens with one attached hydrogen (secondary N) is 1. The Bertz CT molecular complexity index is 1100. The molecule has 184 valence electrons. The fraction of sp³-hybridized carbons (Fsp3) is 0.520. The molecule has 2 aliphatic carbocycles. The third-order valence-electron chi connectivity index (χ3n) is 7.81. The number of halogens is 4. The summed E-state index contributed by atoms with van der Waals surface area (Å²) in [6, 6.07) is 8.99. The second-order valence-corrected chi connectivity index (χ2v) is 10.6. The van der Waals surface area contributed by atoms with Gasteiger partial charge in [-0.1, -0.05) is 24.3 Å². The number of hydrogen-bond donors (Lipinski definition) is 1. The van der Waals surface area contributed by atoms with E-state index in [1.807, 2.05) is 6.07 Å². The summed E-state index contributed by atoms with van der Waals surface area (Å²) in [5, 5.41) is 0. The first-order chi connectivity index (χ1) is 16.1. The van der Waals surface area contributed by atoms with Gasteiger partial charge >= 0.3 is 6.18 Å². The topological polar surface area (TPSA) is 55.4 Å². The van der Waals surface area contributed by atoms with Crippen molar-refractivity contribution in [2.24, 2.45) is 0 Å². The van der Waals surface area contributed by atoms with Crippen molar-refractivity contribution < 1.29 is 26.3 Å². The quantitative estimate of drug-likeness (QED) is 0.450. The van der Waals surface area contributed by atoms with Crippen LogP contribution in [0, 0.1) is 5.82 Å². The van der Waals surface area contributed by atoms with Gasteiger partial charge in [0.1, 0.15) is 5.82 Å². The van der Waals surface area contributed by atoms with Crippen molar-refractivity contribution in [1.29, 1.82) is 0 Å². The number of rotatable bonds is 7.